The number of carbonyl (C=O) groups is 3. The maximum absolute atomic E-state index is 12.6. The second-order valence-corrected chi connectivity index (χ2v) is 8.56. The van der Waals surface area contributed by atoms with Crippen LogP contribution >= 0.6 is 23.2 Å². The van der Waals surface area contributed by atoms with Gasteiger partial charge in [0, 0.05) is 43.7 Å². The van der Waals surface area contributed by atoms with Gasteiger partial charge >= 0.3 is 0 Å². The number of nitrogens with one attached hydrogen (secondary N) is 1. The molecular weight excluding hydrogens is 401 g/mol. The summed E-state index contributed by atoms with van der Waals surface area (Å²) in [4.78, 5) is 40.7. The van der Waals surface area contributed by atoms with Crippen molar-refractivity contribution in [2.45, 2.75) is 45.2 Å². The van der Waals surface area contributed by atoms with Gasteiger partial charge in [0.15, 0.2) is 0 Å². The van der Waals surface area contributed by atoms with Gasteiger partial charge < -0.3 is 15.1 Å². The minimum absolute atomic E-state index is 0.0218. The van der Waals surface area contributed by atoms with E-state index in [0.29, 0.717) is 48.1 Å². The second-order valence-electron chi connectivity index (χ2n) is 7.74. The van der Waals surface area contributed by atoms with E-state index in [4.69, 9.17) is 23.2 Å². The molecule has 0 aliphatic carbocycles. The largest absolute Gasteiger partial charge is 0.353 e. The predicted molar refractivity (Wildman–Crippen MR) is 108 cm³/mol. The lowest BCUT2D eigenvalue weighted by Crippen LogP contribution is -2.48. The molecule has 2 fully saturated rings. The van der Waals surface area contributed by atoms with E-state index < -0.39 is 0 Å². The Labute approximate surface area is 175 Å². The molecule has 0 radical (unpaired) electrons. The topological polar surface area (TPSA) is 69.7 Å². The van der Waals surface area contributed by atoms with E-state index in [-0.39, 0.29) is 42.1 Å². The molecule has 152 valence electrons. The van der Waals surface area contributed by atoms with Crippen LogP contribution in [0.4, 0.5) is 0 Å². The Morgan fingerprint density at radius 2 is 1.82 bits per heavy atom. The van der Waals surface area contributed by atoms with Crippen LogP contribution in [0.1, 0.15) is 43.5 Å². The van der Waals surface area contributed by atoms with Crippen LogP contribution in [0.3, 0.4) is 0 Å². The Morgan fingerprint density at radius 1 is 1.14 bits per heavy atom. The normalized spacial score (nSPS) is 20.8. The van der Waals surface area contributed by atoms with Crippen LogP contribution in [-0.2, 0) is 9.59 Å². The van der Waals surface area contributed by atoms with Crippen LogP contribution < -0.4 is 5.32 Å². The highest BCUT2D eigenvalue weighted by molar-refractivity contribution is 6.42. The van der Waals surface area contributed by atoms with Crippen molar-refractivity contribution in [1.29, 1.82) is 0 Å². The van der Waals surface area contributed by atoms with Crippen molar-refractivity contribution in [2.75, 3.05) is 19.6 Å². The third-order valence-corrected chi connectivity index (χ3v) is 6.19. The Hall–Kier alpha value is -1.79. The first-order valence-corrected chi connectivity index (χ1v) is 10.4. The van der Waals surface area contributed by atoms with Gasteiger partial charge in [-0.05, 0) is 44.9 Å². The van der Waals surface area contributed by atoms with Crippen LogP contribution in [0.2, 0.25) is 10.0 Å². The molecule has 0 bridgehead atoms. The SMILES string of the molecule is CC(C)N1CC(C(=O)NC2CCN(C(=O)c3ccc(Cl)c(Cl)c3)CC2)CC1=O. The average molecular weight is 426 g/mol. The summed E-state index contributed by atoms with van der Waals surface area (Å²) in [6, 6.07) is 5.00. The highest BCUT2D eigenvalue weighted by Gasteiger charge is 2.36. The third kappa shape index (κ3) is 4.61. The van der Waals surface area contributed by atoms with Crippen LogP contribution in [0.15, 0.2) is 18.2 Å². The van der Waals surface area contributed by atoms with Gasteiger partial charge in [0.2, 0.25) is 11.8 Å². The molecule has 1 unspecified atom stereocenters. The summed E-state index contributed by atoms with van der Waals surface area (Å²) < 4.78 is 0. The first-order valence-electron chi connectivity index (χ1n) is 9.60. The van der Waals surface area contributed by atoms with E-state index in [0.717, 1.165) is 0 Å². The van der Waals surface area contributed by atoms with Crippen molar-refractivity contribution in [3.63, 3.8) is 0 Å². The molecule has 3 rings (SSSR count). The summed E-state index contributed by atoms with van der Waals surface area (Å²) in [5, 5.41) is 3.84. The molecule has 0 spiro atoms. The van der Waals surface area contributed by atoms with Crippen molar-refractivity contribution in [1.82, 2.24) is 15.1 Å². The van der Waals surface area contributed by atoms with E-state index in [1.165, 1.54) is 0 Å². The number of benzene rings is 1. The number of hydrogen-bond donors (Lipinski definition) is 1. The number of hydrogen-bond acceptors (Lipinski definition) is 3. The molecule has 1 N–H and O–H groups in total. The Morgan fingerprint density at radius 3 is 2.39 bits per heavy atom. The molecule has 6 nitrogen and oxygen atoms in total. The summed E-state index contributed by atoms with van der Waals surface area (Å²) in [5.41, 5.74) is 0.509. The molecule has 0 saturated carbocycles. The molecule has 8 heteroatoms. The fourth-order valence-corrected chi connectivity index (χ4v) is 4.06. The minimum Gasteiger partial charge on any atom is -0.353 e. The summed E-state index contributed by atoms with van der Waals surface area (Å²) >= 11 is 11.9. The fraction of sp³-hybridized carbons (Fsp3) is 0.550. The standard InChI is InChI=1S/C20H25Cl2N3O3/c1-12(2)25-11-14(10-18(25)26)19(27)23-15-5-7-24(8-6-15)20(28)13-3-4-16(21)17(22)9-13/h3-4,9,12,14-15H,5-8,10-11H2,1-2H3,(H,23,27). The maximum Gasteiger partial charge on any atom is 0.253 e. The van der Waals surface area contributed by atoms with Crippen molar-refractivity contribution in [2.24, 2.45) is 5.92 Å². The summed E-state index contributed by atoms with van der Waals surface area (Å²) in [6.07, 6.45) is 1.65. The lowest BCUT2D eigenvalue weighted by Gasteiger charge is -2.33. The number of halogens is 2. The predicted octanol–water partition coefficient (Wildman–Crippen LogP) is 2.97. The highest BCUT2D eigenvalue weighted by atomic mass is 35.5. The Bertz CT molecular complexity index is 776. The molecule has 1 aromatic carbocycles. The number of piperidine rings is 1. The van der Waals surface area contributed by atoms with Crippen LogP contribution in [-0.4, -0.2) is 59.2 Å². The number of carbonyl (C=O) groups excluding carboxylic acids is 3. The van der Waals surface area contributed by atoms with Crippen LogP contribution in [0.5, 0.6) is 0 Å². The smallest absolute Gasteiger partial charge is 0.253 e. The van der Waals surface area contributed by atoms with E-state index >= 15 is 0 Å². The minimum atomic E-state index is -0.286. The molecule has 2 saturated heterocycles. The molecule has 2 heterocycles. The Kier molecular flexibility index (Phi) is 6.50. The summed E-state index contributed by atoms with van der Waals surface area (Å²) in [5.74, 6) is -0.397. The monoisotopic (exact) mass is 425 g/mol. The first kappa shape index (κ1) is 20.9. The van der Waals surface area contributed by atoms with Crippen LogP contribution in [0.25, 0.3) is 0 Å². The van der Waals surface area contributed by atoms with E-state index in [9.17, 15) is 14.4 Å². The molecule has 28 heavy (non-hydrogen) atoms. The first-order chi connectivity index (χ1) is 13.3. The second kappa shape index (κ2) is 8.70. The zero-order valence-electron chi connectivity index (χ0n) is 16.1. The summed E-state index contributed by atoms with van der Waals surface area (Å²) in [6.45, 7) is 5.52. The number of likely N-dealkylation sites (tertiary alicyclic amines) is 2. The zero-order valence-corrected chi connectivity index (χ0v) is 17.6. The molecule has 1 aromatic rings. The van der Waals surface area contributed by atoms with Crippen molar-refractivity contribution >= 4 is 40.9 Å². The fourth-order valence-electron chi connectivity index (χ4n) is 3.76. The lowest BCUT2D eigenvalue weighted by atomic mass is 10.0. The van der Waals surface area contributed by atoms with Gasteiger partial charge in [0.1, 0.15) is 0 Å². The molecular formula is C20H25Cl2N3O3. The molecule has 1 atom stereocenters. The number of nitrogens with zero attached hydrogens (tertiary/aromatic N) is 2. The van der Waals surface area contributed by atoms with Crippen molar-refractivity contribution in [3.8, 4) is 0 Å². The van der Waals surface area contributed by atoms with E-state index in [1.54, 1.807) is 28.0 Å². The zero-order chi connectivity index (χ0) is 20.4. The van der Waals surface area contributed by atoms with Gasteiger partial charge in [-0.2, -0.15) is 0 Å². The van der Waals surface area contributed by atoms with Gasteiger partial charge in [0.25, 0.3) is 5.91 Å². The third-order valence-electron chi connectivity index (χ3n) is 5.45. The molecule has 0 aromatic heterocycles. The lowest BCUT2D eigenvalue weighted by molar-refractivity contribution is -0.130. The Balaban J connectivity index is 1.50. The van der Waals surface area contributed by atoms with Gasteiger partial charge in [-0.25, -0.2) is 0 Å². The molecule has 2 aliphatic heterocycles. The highest BCUT2D eigenvalue weighted by Crippen LogP contribution is 2.25. The quantitative estimate of drug-likeness (QED) is 0.805. The van der Waals surface area contributed by atoms with Crippen LogP contribution in [0, 0.1) is 5.92 Å². The maximum atomic E-state index is 12.6. The van der Waals surface area contributed by atoms with Crippen molar-refractivity contribution in [3.05, 3.63) is 33.8 Å². The van der Waals surface area contributed by atoms with E-state index in [1.807, 2.05) is 13.8 Å². The van der Waals surface area contributed by atoms with Gasteiger partial charge in [0.05, 0.1) is 16.0 Å². The molecule has 2 aliphatic rings. The van der Waals surface area contributed by atoms with Gasteiger partial charge in [-0.3, -0.25) is 14.4 Å². The number of rotatable bonds is 4. The molecule has 3 amide bonds. The average Bonchev–Trinajstić information content (AvgIpc) is 3.06. The number of amides is 3. The summed E-state index contributed by atoms with van der Waals surface area (Å²) in [7, 11) is 0. The van der Waals surface area contributed by atoms with Gasteiger partial charge in [-0.1, -0.05) is 23.2 Å². The van der Waals surface area contributed by atoms with Gasteiger partial charge in [-0.15, -0.1) is 0 Å². The van der Waals surface area contributed by atoms with E-state index in [2.05, 4.69) is 5.32 Å². The van der Waals surface area contributed by atoms with Crippen molar-refractivity contribution < 1.29 is 14.4 Å².